The van der Waals surface area contributed by atoms with E-state index >= 15 is 0 Å². The Bertz CT molecular complexity index is 242. The number of carbonyl (C=O) groups excluding carboxylic acids is 1. The number of ether oxygens (including phenoxy) is 1. The Morgan fingerprint density at radius 3 is 2.50 bits per heavy atom. The Morgan fingerprint density at radius 2 is 2.00 bits per heavy atom. The summed E-state index contributed by atoms with van der Waals surface area (Å²) < 4.78 is 5.28. The highest BCUT2D eigenvalue weighted by molar-refractivity contribution is 9.09. The molecular formula is C11H17BrO2. The minimum absolute atomic E-state index is 0.0159. The van der Waals surface area contributed by atoms with Crippen LogP contribution in [-0.4, -0.2) is 24.8 Å². The lowest BCUT2D eigenvalue weighted by molar-refractivity contribution is -0.125. The van der Waals surface area contributed by atoms with Gasteiger partial charge in [-0.1, -0.05) is 15.9 Å². The third kappa shape index (κ3) is 1.45. The van der Waals surface area contributed by atoms with E-state index in [1.807, 2.05) is 0 Å². The normalized spacial score (nSPS) is 40.4. The van der Waals surface area contributed by atoms with Crippen LogP contribution in [0.3, 0.4) is 0 Å². The summed E-state index contributed by atoms with van der Waals surface area (Å²) in [6.45, 7) is 0.838. The summed E-state index contributed by atoms with van der Waals surface area (Å²) >= 11 is 3.30. The average molecular weight is 261 g/mol. The molecule has 2 aliphatic rings. The molecule has 0 saturated heterocycles. The number of alkyl halides is 1. The van der Waals surface area contributed by atoms with Gasteiger partial charge in [0.05, 0.1) is 11.9 Å². The van der Waals surface area contributed by atoms with E-state index in [1.54, 1.807) is 7.11 Å². The molecule has 0 radical (unpaired) electrons. The van der Waals surface area contributed by atoms with Gasteiger partial charge in [-0.05, 0) is 37.5 Å². The van der Waals surface area contributed by atoms with Crippen LogP contribution in [0.25, 0.3) is 0 Å². The summed E-state index contributed by atoms with van der Waals surface area (Å²) in [6, 6.07) is 0. The Balaban J connectivity index is 2.12. The minimum Gasteiger partial charge on any atom is -0.384 e. The molecule has 2 aliphatic carbocycles. The van der Waals surface area contributed by atoms with Crippen LogP contribution in [0.2, 0.25) is 0 Å². The summed E-state index contributed by atoms with van der Waals surface area (Å²) in [5.41, 5.74) is 0.356. The van der Waals surface area contributed by atoms with Crippen LogP contribution in [-0.2, 0) is 9.53 Å². The number of hydrogen-bond donors (Lipinski definition) is 0. The summed E-state index contributed by atoms with van der Waals surface area (Å²) in [7, 11) is 1.76. The van der Waals surface area contributed by atoms with Crippen LogP contribution in [0.15, 0.2) is 0 Å². The van der Waals surface area contributed by atoms with Gasteiger partial charge < -0.3 is 4.74 Å². The van der Waals surface area contributed by atoms with Gasteiger partial charge in [0.15, 0.2) is 0 Å². The molecule has 3 heteroatoms. The first-order valence-electron chi connectivity index (χ1n) is 5.25. The van der Waals surface area contributed by atoms with Crippen LogP contribution >= 0.6 is 15.9 Å². The molecule has 0 spiro atoms. The van der Waals surface area contributed by atoms with Crippen molar-refractivity contribution >= 4 is 21.7 Å². The summed E-state index contributed by atoms with van der Waals surface area (Å²) in [6.07, 6.45) is 5.60. The van der Waals surface area contributed by atoms with E-state index in [9.17, 15) is 4.79 Å². The molecule has 0 N–H and O–H groups in total. The van der Waals surface area contributed by atoms with Gasteiger partial charge in [0.2, 0.25) is 0 Å². The van der Waals surface area contributed by atoms with Gasteiger partial charge in [0.1, 0.15) is 5.78 Å². The van der Waals surface area contributed by atoms with E-state index in [-0.39, 0.29) is 5.41 Å². The number of hydrogen-bond acceptors (Lipinski definition) is 2. The van der Waals surface area contributed by atoms with E-state index in [1.165, 1.54) is 12.8 Å². The van der Waals surface area contributed by atoms with E-state index in [0.29, 0.717) is 16.5 Å². The maximum Gasteiger partial charge on any atom is 0.149 e. The van der Waals surface area contributed by atoms with E-state index < -0.39 is 0 Å². The second-order valence-corrected chi connectivity index (χ2v) is 5.51. The molecular weight excluding hydrogens is 244 g/mol. The number of rotatable bonds is 4. The van der Waals surface area contributed by atoms with Crippen LogP contribution in [0.4, 0.5) is 0 Å². The zero-order valence-electron chi connectivity index (χ0n) is 8.64. The molecule has 0 atom stereocenters. The molecule has 14 heavy (non-hydrogen) atoms. The lowest BCUT2D eigenvalue weighted by Gasteiger charge is -2.26. The molecule has 2 fully saturated rings. The summed E-state index contributed by atoms with van der Waals surface area (Å²) in [4.78, 5) is 11.9. The predicted molar refractivity (Wildman–Crippen MR) is 58.6 cm³/mol. The molecule has 2 saturated carbocycles. The highest BCUT2D eigenvalue weighted by atomic mass is 79.9. The SMILES string of the molecule is COCC12CCC(C(=O)CBr)(CC1)C2. The van der Waals surface area contributed by atoms with Crippen LogP contribution in [0, 0.1) is 10.8 Å². The third-order valence-electron chi connectivity index (χ3n) is 4.14. The van der Waals surface area contributed by atoms with Gasteiger partial charge in [0, 0.05) is 12.5 Å². The Labute approximate surface area is 93.5 Å². The number of Topliss-reactive ketones (excluding diaryl/α,β-unsaturated/α-hetero) is 1. The molecule has 0 aliphatic heterocycles. The molecule has 2 nitrogen and oxygen atoms in total. The van der Waals surface area contributed by atoms with Gasteiger partial charge in [-0.25, -0.2) is 0 Å². The van der Waals surface area contributed by atoms with Gasteiger partial charge >= 0.3 is 0 Å². The first kappa shape index (κ1) is 10.6. The number of halogens is 1. The largest absolute Gasteiger partial charge is 0.384 e. The van der Waals surface area contributed by atoms with Crippen molar-refractivity contribution in [1.29, 1.82) is 0 Å². The van der Waals surface area contributed by atoms with Gasteiger partial charge in [0.25, 0.3) is 0 Å². The maximum absolute atomic E-state index is 11.9. The smallest absolute Gasteiger partial charge is 0.149 e. The molecule has 0 aromatic carbocycles. The minimum atomic E-state index is 0.0159. The number of ketones is 1. The lowest BCUT2D eigenvalue weighted by atomic mass is 9.80. The number of carbonyl (C=O) groups is 1. The Hall–Kier alpha value is 0.110. The van der Waals surface area contributed by atoms with Crippen molar-refractivity contribution < 1.29 is 9.53 Å². The molecule has 2 rings (SSSR count). The fraction of sp³-hybridized carbons (Fsp3) is 0.909. The predicted octanol–water partition coefficient (Wildman–Crippen LogP) is 2.55. The summed E-state index contributed by atoms with van der Waals surface area (Å²) in [5, 5.41) is 0.524. The fourth-order valence-corrected chi connectivity index (χ4v) is 3.95. The van der Waals surface area contributed by atoms with Crippen LogP contribution < -0.4 is 0 Å². The van der Waals surface area contributed by atoms with Gasteiger partial charge in [-0.3, -0.25) is 4.79 Å². The first-order chi connectivity index (χ1) is 6.66. The highest BCUT2D eigenvalue weighted by Crippen LogP contribution is 2.62. The quantitative estimate of drug-likeness (QED) is 0.727. The number of methoxy groups -OCH3 is 1. The second kappa shape index (κ2) is 3.60. The molecule has 0 amide bonds. The van der Waals surface area contributed by atoms with Crippen LogP contribution in [0.5, 0.6) is 0 Å². The molecule has 80 valence electrons. The Kier molecular flexibility index (Phi) is 2.73. The fourth-order valence-electron chi connectivity index (χ4n) is 3.35. The monoisotopic (exact) mass is 260 g/mol. The standard InChI is InChI=1S/C11H17BrO2/c1-14-8-10-2-4-11(7-10,5-3-10)9(13)6-12/h2-8H2,1H3. The van der Waals surface area contributed by atoms with Crippen LogP contribution in [0.1, 0.15) is 32.1 Å². The topological polar surface area (TPSA) is 26.3 Å². The first-order valence-corrected chi connectivity index (χ1v) is 6.37. The molecule has 0 aromatic heterocycles. The van der Waals surface area contributed by atoms with Crippen molar-refractivity contribution in [2.24, 2.45) is 10.8 Å². The molecule has 0 aromatic rings. The van der Waals surface area contributed by atoms with E-state index in [4.69, 9.17) is 4.74 Å². The number of fused-ring (bicyclic) bond motifs is 2. The van der Waals surface area contributed by atoms with Crippen molar-refractivity contribution in [3.05, 3.63) is 0 Å². The zero-order chi connectivity index (χ0) is 10.2. The van der Waals surface area contributed by atoms with Gasteiger partial charge in [-0.15, -0.1) is 0 Å². The van der Waals surface area contributed by atoms with Gasteiger partial charge in [-0.2, -0.15) is 0 Å². The Morgan fingerprint density at radius 1 is 1.36 bits per heavy atom. The second-order valence-electron chi connectivity index (χ2n) is 4.95. The molecule has 2 bridgehead atoms. The third-order valence-corrected chi connectivity index (χ3v) is 4.65. The summed E-state index contributed by atoms with van der Waals surface area (Å²) in [5.74, 6) is 0.410. The maximum atomic E-state index is 11.9. The average Bonchev–Trinajstić information content (AvgIpc) is 2.74. The molecule has 0 heterocycles. The van der Waals surface area contributed by atoms with Crippen molar-refractivity contribution in [2.45, 2.75) is 32.1 Å². The van der Waals surface area contributed by atoms with Crippen molar-refractivity contribution in [3.8, 4) is 0 Å². The lowest BCUT2D eigenvalue weighted by Crippen LogP contribution is -2.27. The zero-order valence-corrected chi connectivity index (χ0v) is 10.2. The molecule has 0 unspecified atom stereocenters. The van der Waals surface area contributed by atoms with Crippen molar-refractivity contribution in [2.75, 3.05) is 19.0 Å². The van der Waals surface area contributed by atoms with Crippen molar-refractivity contribution in [1.82, 2.24) is 0 Å². The van der Waals surface area contributed by atoms with E-state index in [2.05, 4.69) is 15.9 Å². The highest BCUT2D eigenvalue weighted by Gasteiger charge is 2.56. The van der Waals surface area contributed by atoms with Crippen molar-refractivity contribution in [3.63, 3.8) is 0 Å². The van der Waals surface area contributed by atoms with E-state index in [0.717, 1.165) is 25.9 Å².